The smallest absolute Gasteiger partial charge is 0.321 e. The Kier molecular flexibility index (Phi) is 8.12. The van der Waals surface area contributed by atoms with Gasteiger partial charge in [-0.15, -0.1) is 0 Å². The number of amides is 2. The Morgan fingerprint density at radius 2 is 1.55 bits per heavy atom. The monoisotopic (exact) mass is 447 g/mol. The number of hydrogen-bond acceptors (Lipinski definition) is 5. The van der Waals surface area contributed by atoms with Gasteiger partial charge >= 0.3 is 6.03 Å². The Balaban J connectivity index is 1.68. The molecule has 2 amide bonds. The van der Waals surface area contributed by atoms with E-state index in [1.165, 1.54) is 0 Å². The second-order valence-electron chi connectivity index (χ2n) is 6.98. The first-order chi connectivity index (χ1) is 15.0. The molecular weight excluding hydrogens is 418 g/mol. The Morgan fingerprint density at radius 3 is 2.10 bits per heavy atom. The van der Waals surface area contributed by atoms with E-state index in [-0.39, 0.29) is 6.03 Å². The van der Waals surface area contributed by atoms with Crippen molar-refractivity contribution in [3.8, 4) is 17.2 Å². The molecule has 0 radical (unpaired) electrons. The zero-order chi connectivity index (χ0) is 22.2. The van der Waals surface area contributed by atoms with E-state index in [1.807, 2.05) is 45.0 Å². The molecule has 0 bridgehead atoms. The Morgan fingerprint density at radius 1 is 0.935 bits per heavy atom. The number of nitrogens with zero attached hydrogens (tertiary/aromatic N) is 2. The highest BCUT2D eigenvalue weighted by Gasteiger charge is 2.23. The summed E-state index contributed by atoms with van der Waals surface area (Å²) >= 11 is 6.10. The van der Waals surface area contributed by atoms with Crippen molar-refractivity contribution in [3.63, 3.8) is 0 Å². The van der Waals surface area contributed by atoms with Gasteiger partial charge in [-0.25, -0.2) is 4.79 Å². The van der Waals surface area contributed by atoms with E-state index in [0.717, 1.165) is 18.8 Å². The Hall–Kier alpha value is -2.80. The van der Waals surface area contributed by atoms with Crippen molar-refractivity contribution < 1.29 is 19.0 Å². The maximum Gasteiger partial charge on any atom is 0.321 e. The van der Waals surface area contributed by atoms with Crippen LogP contribution < -0.4 is 24.4 Å². The number of benzene rings is 2. The van der Waals surface area contributed by atoms with E-state index in [4.69, 9.17) is 25.8 Å². The minimum Gasteiger partial charge on any atom is -0.490 e. The molecule has 0 aliphatic carbocycles. The summed E-state index contributed by atoms with van der Waals surface area (Å²) in [6.07, 6.45) is 0. The number of rotatable bonds is 8. The summed E-state index contributed by atoms with van der Waals surface area (Å²) in [4.78, 5) is 16.9. The molecule has 7 nitrogen and oxygen atoms in total. The number of hydrogen-bond donors (Lipinski definition) is 1. The quantitative estimate of drug-likeness (QED) is 0.624. The molecule has 0 aromatic heterocycles. The number of urea groups is 1. The molecule has 0 unspecified atom stereocenters. The fourth-order valence-electron chi connectivity index (χ4n) is 3.50. The van der Waals surface area contributed by atoms with Gasteiger partial charge in [-0.2, -0.15) is 0 Å². The fourth-order valence-corrected chi connectivity index (χ4v) is 3.69. The average Bonchev–Trinajstić information content (AvgIpc) is 2.76. The van der Waals surface area contributed by atoms with Gasteiger partial charge in [0.15, 0.2) is 11.5 Å². The molecule has 1 aliphatic rings. The molecule has 31 heavy (non-hydrogen) atoms. The van der Waals surface area contributed by atoms with Gasteiger partial charge in [-0.1, -0.05) is 17.7 Å². The third-order valence-corrected chi connectivity index (χ3v) is 5.14. The van der Waals surface area contributed by atoms with Crippen LogP contribution >= 0.6 is 11.6 Å². The van der Waals surface area contributed by atoms with Crippen LogP contribution in [0.2, 0.25) is 5.02 Å². The van der Waals surface area contributed by atoms with Crippen LogP contribution in [0.4, 0.5) is 16.2 Å². The number of halogens is 1. The molecule has 0 spiro atoms. The van der Waals surface area contributed by atoms with Crippen LogP contribution in [0.3, 0.4) is 0 Å². The molecule has 2 aromatic rings. The SMILES string of the molecule is CCOc1cc(NC(=O)N2CCN(c3cccc(Cl)c3)CC2)cc(OCC)c1OCC. The lowest BCUT2D eigenvalue weighted by Gasteiger charge is -2.36. The summed E-state index contributed by atoms with van der Waals surface area (Å²) in [7, 11) is 0. The number of carbonyl (C=O) groups is 1. The predicted octanol–water partition coefficient (Wildman–Crippen LogP) is 4.89. The summed E-state index contributed by atoms with van der Waals surface area (Å²) in [5.74, 6) is 1.66. The van der Waals surface area contributed by atoms with E-state index in [2.05, 4.69) is 10.2 Å². The van der Waals surface area contributed by atoms with Gasteiger partial charge in [0.1, 0.15) is 0 Å². The fraction of sp³-hybridized carbons (Fsp3) is 0.435. The van der Waals surface area contributed by atoms with Crippen molar-refractivity contribution in [2.45, 2.75) is 20.8 Å². The normalized spacial score (nSPS) is 13.7. The van der Waals surface area contributed by atoms with Gasteiger partial charge in [-0.3, -0.25) is 0 Å². The van der Waals surface area contributed by atoms with Gasteiger partial charge in [-0.05, 0) is 39.0 Å². The van der Waals surface area contributed by atoms with Gasteiger partial charge in [0.05, 0.1) is 25.5 Å². The lowest BCUT2D eigenvalue weighted by atomic mass is 10.2. The number of carbonyl (C=O) groups excluding carboxylic acids is 1. The van der Waals surface area contributed by atoms with E-state index in [0.29, 0.717) is 60.9 Å². The summed E-state index contributed by atoms with van der Waals surface area (Å²) in [5, 5.41) is 3.69. The maximum absolute atomic E-state index is 12.9. The highest BCUT2D eigenvalue weighted by atomic mass is 35.5. The molecule has 1 N–H and O–H groups in total. The van der Waals surface area contributed by atoms with E-state index >= 15 is 0 Å². The minimum absolute atomic E-state index is 0.153. The molecule has 8 heteroatoms. The van der Waals surface area contributed by atoms with Gasteiger partial charge < -0.3 is 29.3 Å². The van der Waals surface area contributed by atoms with Crippen molar-refractivity contribution >= 4 is 29.0 Å². The Bertz CT molecular complexity index is 858. The van der Waals surface area contributed by atoms with Crippen molar-refractivity contribution in [3.05, 3.63) is 41.4 Å². The first-order valence-corrected chi connectivity index (χ1v) is 11.1. The van der Waals surface area contributed by atoms with E-state index < -0.39 is 0 Å². The highest BCUT2D eigenvalue weighted by Crippen LogP contribution is 2.41. The molecule has 0 atom stereocenters. The molecule has 168 valence electrons. The van der Waals surface area contributed by atoms with Crippen molar-refractivity contribution in [2.24, 2.45) is 0 Å². The Labute approximate surface area is 188 Å². The summed E-state index contributed by atoms with van der Waals surface area (Å²) in [6, 6.07) is 11.2. The molecule has 1 fully saturated rings. The second-order valence-corrected chi connectivity index (χ2v) is 7.42. The lowest BCUT2D eigenvalue weighted by molar-refractivity contribution is 0.208. The first kappa shape index (κ1) is 22.9. The largest absolute Gasteiger partial charge is 0.490 e. The van der Waals surface area contributed by atoms with Crippen molar-refractivity contribution in [1.82, 2.24) is 4.90 Å². The molecule has 3 rings (SSSR count). The van der Waals surface area contributed by atoms with Crippen molar-refractivity contribution in [2.75, 3.05) is 56.2 Å². The third kappa shape index (κ3) is 5.88. The van der Waals surface area contributed by atoms with Crippen LogP contribution in [-0.2, 0) is 0 Å². The van der Waals surface area contributed by atoms with Crippen LogP contribution in [0, 0.1) is 0 Å². The van der Waals surface area contributed by atoms with E-state index in [9.17, 15) is 4.79 Å². The van der Waals surface area contributed by atoms with Crippen molar-refractivity contribution in [1.29, 1.82) is 0 Å². The van der Waals surface area contributed by atoms with Gasteiger partial charge in [0.2, 0.25) is 5.75 Å². The summed E-state index contributed by atoms with van der Waals surface area (Å²) < 4.78 is 17.2. The summed E-state index contributed by atoms with van der Waals surface area (Å²) in [6.45, 7) is 9.88. The van der Waals surface area contributed by atoms with Crippen LogP contribution in [-0.4, -0.2) is 56.9 Å². The standard InChI is InChI=1S/C23H30ClN3O4/c1-4-29-20-15-18(16-21(30-5-2)22(20)31-6-3)25-23(28)27-12-10-26(11-13-27)19-9-7-8-17(24)14-19/h7-9,14-16H,4-6,10-13H2,1-3H3,(H,25,28). The number of piperazine rings is 1. The molecular formula is C23H30ClN3O4. The predicted molar refractivity (Wildman–Crippen MR) is 124 cm³/mol. The highest BCUT2D eigenvalue weighted by molar-refractivity contribution is 6.30. The minimum atomic E-state index is -0.153. The van der Waals surface area contributed by atoms with Gasteiger partial charge in [0, 0.05) is 49.0 Å². The zero-order valence-electron chi connectivity index (χ0n) is 18.3. The molecule has 1 heterocycles. The average molecular weight is 448 g/mol. The molecule has 1 saturated heterocycles. The van der Waals surface area contributed by atoms with Crippen LogP contribution in [0.25, 0.3) is 0 Å². The third-order valence-electron chi connectivity index (χ3n) is 4.90. The maximum atomic E-state index is 12.9. The number of ether oxygens (including phenoxy) is 3. The van der Waals surface area contributed by atoms with Crippen LogP contribution in [0.1, 0.15) is 20.8 Å². The van der Waals surface area contributed by atoms with Crippen LogP contribution in [0.15, 0.2) is 36.4 Å². The number of anilines is 2. The molecule has 2 aromatic carbocycles. The molecule has 1 aliphatic heterocycles. The van der Waals surface area contributed by atoms with E-state index in [1.54, 1.807) is 17.0 Å². The van der Waals surface area contributed by atoms with Crippen LogP contribution in [0.5, 0.6) is 17.2 Å². The van der Waals surface area contributed by atoms with Gasteiger partial charge in [0.25, 0.3) is 0 Å². The first-order valence-electron chi connectivity index (χ1n) is 10.7. The molecule has 0 saturated carbocycles. The second kappa shape index (κ2) is 11.0. The lowest BCUT2D eigenvalue weighted by Crippen LogP contribution is -2.50. The number of nitrogens with one attached hydrogen (secondary N) is 1. The summed E-state index contributed by atoms with van der Waals surface area (Å²) in [5.41, 5.74) is 1.68. The topological polar surface area (TPSA) is 63.3 Å². The zero-order valence-corrected chi connectivity index (χ0v) is 19.1.